The van der Waals surface area contributed by atoms with E-state index in [0.717, 1.165) is 39.7 Å². The highest BCUT2D eigenvalue weighted by atomic mass is 16.5. The van der Waals surface area contributed by atoms with Crippen molar-refractivity contribution in [1.29, 1.82) is 0 Å². The maximum atomic E-state index is 10.7. The highest BCUT2D eigenvalue weighted by molar-refractivity contribution is 5.98. The normalized spacial score (nSPS) is 11.2. The van der Waals surface area contributed by atoms with E-state index in [4.69, 9.17) is 14.6 Å². The monoisotopic (exact) mass is 275 g/mol. The van der Waals surface area contributed by atoms with Gasteiger partial charge in [-0.25, -0.2) is 4.79 Å². The molecule has 106 valence electrons. The largest absolute Gasteiger partial charge is 0.496 e. The molecular weight excluding hydrogens is 258 g/mol. The fourth-order valence-electron chi connectivity index (χ4n) is 2.47. The number of carboxylic acids is 1. The van der Waals surface area contributed by atoms with Gasteiger partial charge in [0.05, 0.1) is 19.7 Å². The molecule has 0 aliphatic carbocycles. The average Bonchev–Trinajstić information content (AvgIpc) is 2.68. The zero-order valence-corrected chi connectivity index (χ0v) is 11.9. The topological polar surface area (TPSA) is 60.7 Å². The highest BCUT2D eigenvalue weighted by Crippen LogP contribution is 2.38. The van der Waals surface area contributed by atoms with Crippen LogP contribution in [0.15, 0.2) is 18.2 Å². The van der Waals surface area contributed by atoms with Gasteiger partial charge in [0.25, 0.3) is 0 Å². The Kier molecular flexibility index (Phi) is 3.70. The van der Waals surface area contributed by atoms with Crippen LogP contribution < -0.4 is 9.47 Å². The number of carboxylic acid groups (broad SMARTS) is 1. The number of hydrogen-bond acceptors (Lipinski definition) is 3. The molecule has 0 amide bonds. The summed E-state index contributed by atoms with van der Waals surface area (Å²) in [5, 5.41) is 9.72. The lowest BCUT2D eigenvalue weighted by atomic mass is 10.1. The van der Waals surface area contributed by atoms with Crippen molar-refractivity contribution in [2.45, 2.75) is 6.92 Å². The zero-order valence-electron chi connectivity index (χ0n) is 11.9. The van der Waals surface area contributed by atoms with E-state index in [1.54, 1.807) is 20.3 Å². The average molecular weight is 275 g/mol. The van der Waals surface area contributed by atoms with Crippen molar-refractivity contribution in [2.24, 2.45) is 7.05 Å². The Morgan fingerprint density at radius 2 is 1.85 bits per heavy atom. The summed E-state index contributed by atoms with van der Waals surface area (Å²) in [7, 11) is 5.09. The molecule has 1 N–H and O–H groups in total. The molecule has 0 saturated carbocycles. The van der Waals surface area contributed by atoms with Crippen LogP contribution in [0.4, 0.5) is 0 Å². The summed E-state index contributed by atoms with van der Waals surface area (Å²) in [5.41, 5.74) is 2.65. The summed E-state index contributed by atoms with van der Waals surface area (Å²) in [6.07, 6.45) is 2.71. The number of rotatable bonds is 4. The number of aliphatic carboxylic acids is 1. The minimum absolute atomic E-state index is 0.723. The standard InChI is InChI=1S/C15H17NO4/c1-9-10(5-8-13(17)18)16(2)15-12(20-4)7-6-11(19-3)14(9)15/h5-8H,1-4H3,(H,17,18)/b8-5+. The third kappa shape index (κ3) is 2.11. The van der Waals surface area contributed by atoms with E-state index in [0.29, 0.717) is 0 Å². The van der Waals surface area contributed by atoms with Crippen molar-refractivity contribution in [3.05, 3.63) is 29.5 Å². The minimum Gasteiger partial charge on any atom is -0.496 e. The van der Waals surface area contributed by atoms with Crippen molar-refractivity contribution >= 4 is 22.9 Å². The van der Waals surface area contributed by atoms with Gasteiger partial charge in [0, 0.05) is 24.2 Å². The molecule has 2 aromatic rings. The van der Waals surface area contributed by atoms with Crippen LogP contribution in [-0.2, 0) is 11.8 Å². The van der Waals surface area contributed by atoms with Crippen molar-refractivity contribution in [3.63, 3.8) is 0 Å². The predicted molar refractivity (Wildman–Crippen MR) is 77.4 cm³/mol. The molecular formula is C15H17NO4. The summed E-state index contributed by atoms with van der Waals surface area (Å²) in [5.74, 6) is 0.485. The van der Waals surface area contributed by atoms with Gasteiger partial charge in [-0.3, -0.25) is 0 Å². The SMILES string of the molecule is COc1ccc(OC)c2c1c(C)c(/C=C/C(=O)O)n2C. The van der Waals surface area contributed by atoms with Crippen LogP contribution >= 0.6 is 0 Å². The van der Waals surface area contributed by atoms with Crippen molar-refractivity contribution < 1.29 is 19.4 Å². The molecule has 0 aliphatic rings. The summed E-state index contributed by atoms with van der Waals surface area (Å²) in [4.78, 5) is 10.7. The summed E-state index contributed by atoms with van der Waals surface area (Å²) >= 11 is 0. The van der Waals surface area contributed by atoms with Crippen LogP contribution in [-0.4, -0.2) is 29.9 Å². The predicted octanol–water partition coefficient (Wildman–Crippen LogP) is 2.60. The van der Waals surface area contributed by atoms with E-state index in [2.05, 4.69) is 0 Å². The molecule has 20 heavy (non-hydrogen) atoms. The van der Waals surface area contributed by atoms with Gasteiger partial charge in [-0.2, -0.15) is 0 Å². The molecule has 0 aliphatic heterocycles. The van der Waals surface area contributed by atoms with Gasteiger partial charge in [-0.05, 0) is 30.7 Å². The second-order valence-corrected chi connectivity index (χ2v) is 4.43. The van der Waals surface area contributed by atoms with E-state index in [9.17, 15) is 4.79 Å². The molecule has 0 radical (unpaired) electrons. The Hall–Kier alpha value is -2.43. The summed E-state index contributed by atoms with van der Waals surface area (Å²) in [6, 6.07) is 3.68. The Morgan fingerprint density at radius 1 is 1.25 bits per heavy atom. The second-order valence-electron chi connectivity index (χ2n) is 4.43. The summed E-state index contributed by atoms with van der Waals surface area (Å²) < 4.78 is 12.7. The van der Waals surface area contributed by atoms with Gasteiger partial charge >= 0.3 is 5.97 Å². The molecule has 5 heteroatoms. The first-order valence-corrected chi connectivity index (χ1v) is 6.12. The van der Waals surface area contributed by atoms with Gasteiger partial charge in [-0.1, -0.05) is 0 Å². The van der Waals surface area contributed by atoms with Gasteiger partial charge in [0.2, 0.25) is 0 Å². The van der Waals surface area contributed by atoms with E-state index in [1.165, 1.54) is 0 Å². The maximum Gasteiger partial charge on any atom is 0.328 e. The molecule has 1 aromatic heterocycles. The van der Waals surface area contributed by atoms with E-state index < -0.39 is 5.97 Å². The van der Waals surface area contributed by atoms with Gasteiger partial charge < -0.3 is 19.1 Å². The molecule has 0 unspecified atom stereocenters. The number of nitrogens with zero attached hydrogens (tertiary/aromatic N) is 1. The van der Waals surface area contributed by atoms with Crippen LogP contribution in [0.1, 0.15) is 11.3 Å². The van der Waals surface area contributed by atoms with Crippen LogP contribution in [0.5, 0.6) is 11.5 Å². The summed E-state index contributed by atoms with van der Waals surface area (Å²) in [6.45, 7) is 1.94. The van der Waals surface area contributed by atoms with Gasteiger partial charge in [0.1, 0.15) is 11.5 Å². The number of ether oxygens (including phenoxy) is 2. The third-order valence-electron chi connectivity index (χ3n) is 3.38. The second kappa shape index (κ2) is 5.28. The molecule has 1 heterocycles. The third-order valence-corrected chi connectivity index (χ3v) is 3.38. The molecule has 0 spiro atoms. The van der Waals surface area contributed by atoms with E-state index >= 15 is 0 Å². The zero-order chi connectivity index (χ0) is 14.9. The molecule has 0 bridgehead atoms. The lowest BCUT2D eigenvalue weighted by Crippen LogP contribution is -1.95. The first-order valence-electron chi connectivity index (χ1n) is 6.12. The Bertz CT molecular complexity index is 651. The molecule has 1 aromatic carbocycles. The quantitative estimate of drug-likeness (QED) is 0.871. The van der Waals surface area contributed by atoms with Crippen LogP contribution in [0.2, 0.25) is 0 Å². The molecule has 5 nitrogen and oxygen atoms in total. The van der Waals surface area contributed by atoms with Crippen molar-refractivity contribution in [1.82, 2.24) is 4.57 Å². The van der Waals surface area contributed by atoms with E-state index in [-0.39, 0.29) is 0 Å². The van der Waals surface area contributed by atoms with Crippen LogP contribution in [0, 0.1) is 6.92 Å². The van der Waals surface area contributed by atoms with E-state index in [1.807, 2.05) is 30.7 Å². The number of methoxy groups -OCH3 is 2. The van der Waals surface area contributed by atoms with Crippen molar-refractivity contribution in [3.8, 4) is 11.5 Å². The Balaban J connectivity index is 2.82. The molecule has 0 fully saturated rings. The maximum absolute atomic E-state index is 10.7. The number of benzene rings is 1. The minimum atomic E-state index is -0.978. The smallest absolute Gasteiger partial charge is 0.328 e. The number of carbonyl (C=O) groups is 1. The molecule has 2 rings (SSSR count). The van der Waals surface area contributed by atoms with Crippen LogP contribution in [0.3, 0.4) is 0 Å². The fraction of sp³-hybridized carbons (Fsp3) is 0.267. The van der Waals surface area contributed by atoms with Crippen LogP contribution in [0.25, 0.3) is 17.0 Å². The Labute approximate surface area is 117 Å². The van der Waals surface area contributed by atoms with Gasteiger partial charge in [0.15, 0.2) is 0 Å². The number of aryl methyl sites for hydroxylation is 2. The first-order chi connectivity index (χ1) is 9.51. The number of hydrogen-bond donors (Lipinski definition) is 1. The van der Waals surface area contributed by atoms with Crippen molar-refractivity contribution in [2.75, 3.05) is 14.2 Å². The van der Waals surface area contributed by atoms with Gasteiger partial charge in [-0.15, -0.1) is 0 Å². The number of fused-ring (bicyclic) bond motifs is 1. The molecule has 0 saturated heterocycles. The first kappa shape index (κ1) is 14.0. The Morgan fingerprint density at radius 3 is 2.40 bits per heavy atom. The lowest BCUT2D eigenvalue weighted by molar-refractivity contribution is -0.131. The fourth-order valence-corrected chi connectivity index (χ4v) is 2.47. The highest BCUT2D eigenvalue weighted by Gasteiger charge is 2.17. The lowest BCUT2D eigenvalue weighted by Gasteiger charge is -2.08. The molecule has 0 atom stereocenters. The number of aromatic nitrogens is 1.